The van der Waals surface area contributed by atoms with Gasteiger partial charge in [-0.15, -0.1) is 0 Å². The van der Waals surface area contributed by atoms with Crippen LogP contribution in [0.25, 0.3) is 0 Å². The van der Waals surface area contributed by atoms with E-state index in [1.165, 1.54) is 0 Å². The van der Waals surface area contributed by atoms with Crippen LogP contribution in [-0.4, -0.2) is 37.3 Å². The molecule has 0 unspecified atom stereocenters. The zero-order valence-electron chi connectivity index (χ0n) is 15.6. The van der Waals surface area contributed by atoms with Crippen LogP contribution in [0.2, 0.25) is 0 Å². The molecule has 6 nitrogen and oxygen atoms in total. The molecule has 26 heavy (non-hydrogen) atoms. The molecule has 1 heterocycles. The number of ether oxygens (including phenoxy) is 2. The average molecular weight is 356 g/mol. The number of nitrogens with two attached hydrogens (primary N) is 1. The van der Waals surface area contributed by atoms with Crippen LogP contribution in [0, 0.1) is 6.92 Å². The van der Waals surface area contributed by atoms with E-state index in [9.17, 15) is 0 Å². The van der Waals surface area contributed by atoms with E-state index in [0.29, 0.717) is 38.9 Å². The van der Waals surface area contributed by atoms with Gasteiger partial charge in [-0.1, -0.05) is 18.2 Å². The number of aryl methyl sites for hydroxylation is 1. The molecule has 0 bridgehead atoms. The van der Waals surface area contributed by atoms with Crippen LogP contribution in [0.3, 0.4) is 0 Å². The fourth-order valence-corrected chi connectivity index (χ4v) is 2.37. The van der Waals surface area contributed by atoms with E-state index in [1.54, 1.807) is 6.20 Å². The number of nitrogens with one attached hydrogen (secondary N) is 1. The van der Waals surface area contributed by atoms with E-state index in [2.05, 4.69) is 15.3 Å². The summed E-state index contributed by atoms with van der Waals surface area (Å²) in [4.78, 5) is 8.70. The third-order valence-electron chi connectivity index (χ3n) is 3.75. The number of aromatic nitrogens is 1. The number of rotatable bonds is 10. The first-order valence-electron chi connectivity index (χ1n) is 8.92. The van der Waals surface area contributed by atoms with Gasteiger partial charge in [0.1, 0.15) is 12.4 Å². The average Bonchev–Trinajstić information content (AvgIpc) is 2.65. The van der Waals surface area contributed by atoms with Crippen LogP contribution in [0.5, 0.6) is 5.75 Å². The predicted molar refractivity (Wildman–Crippen MR) is 104 cm³/mol. The molecule has 0 aliphatic carbocycles. The van der Waals surface area contributed by atoms with E-state index >= 15 is 0 Å². The number of hydrogen-bond acceptors (Lipinski definition) is 4. The number of benzene rings is 1. The molecule has 0 atom stereocenters. The fraction of sp³-hybridized carbons (Fsp3) is 0.400. The smallest absolute Gasteiger partial charge is 0.188 e. The normalized spacial score (nSPS) is 11.4. The largest absolute Gasteiger partial charge is 0.491 e. The topological polar surface area (TPSA) is 81.8 Å². The van der Waals surface area contributed by atoms with Crippen LogP contribution in [0.4, 0.5) is 0 Å². The Morgan fingerprint density at radius 3 is 2.88 bits per heavy atom. The highest BCUT2D eigenvalue weighted by Crippen LogP contribution is 2.21. The molecule has 0 saturated heterocycles. The van der Waals surface area contributed by atoms with Crippen molar-refractivity contribution in [2.24, 2.45) is 10.7 Å². The maximum Gasteiger partial charge on any atom is 0.188 e. The second-order valence-corrected chi connectivity index (χ2v) is 5.86. The van der Waals surface area contributed by atoms with Gasteiger partial charge in [0, 0.05) is 37.0 Å². The van der Waals surface area contributed by atoms with Crippen molar-refractivity contribution < 1.29 is 9.47 Å². The summed E-state index contributed by atoms with van der Waals surface area (Å²) in [6.07, 6.45) is 2.59. The van der Waals surface area contributed by atoms with Gasteiger partial charge in [0.2, 0.25) is 0 Å². The lowest BCUT2D eigenvalue weighted by molar-refractivity contribution is 0.110. The van der Waals surface area contributed by atoms with Crippen molar-refractivity contribution in [3.63, 3.8) is 0 Å². The minimum absolute atomic E-state index is 0.418. The third kappa shape index (κ3) is 7.11. The maximum absolute atomic E-state index is 5.96. The first-order chi connectivity index (χ1) is 12.7. The van der Waals surface area contributed by atoms with Gasteiger partial charge in [-0.25, -0.2) is 4.99 Å². The van der Waals surface area contributed by atoms with Gasteiger partial charge in [-0.05, 0) is 37.6 Å². The van der Waals surface area contributed by atoms with Crippen molar-refractivity contribution in [3.8, 4) is 5.75 Å². The second kappa shape index (κ2) is 11.1. The lowest BCUT2D eigenvalue weighted by Crippen LogP contribution is -2.33. The maximum atomic E-state index is 5.96. The van der Waals surface area contributed by atoms with Crippen molar-refractivity contribution in [2.75, 3.05) is 26.4 Å². The van der Waals surface area contributed by atoms with Crippen molar-refractivity contribution in [3.05, 3.63) is 59.4 Å². The van der Waals surface area contributed by atoms with Crippen LogP contribution >= 0.6 is 0 Å². The van der Waals surface area contributed by atoms with Crippen LogP contribution in [0.15, 0.2) is 47.6 Å². The Morgan fingerprint density at radius 2 is 2.12 bits per heavy atom. The number of guanidine groups is 1. The molecular weight excluding hydrogens is 328 g/mol. The summed E-state index contributed by atoms with van der Waals surface area (Å²) < 4.78 is 11.1. The molecule has 0 amide bonds. The van der Waals surface area contributed by atoms with E-state index in [1.807, 2.05) is 50.2 Å². The Kier molecular flexibility index (Phi) is 8.42. The number of aliphatic imine (C=N–C) groups is 1. The highest BCUT2D eigenvalue weighted by Gasteiger charge is 2.04. The molecule has 2 rings (SSSR count). The first kappa shape index (κ1) is 19.7. The van der Waals surface area contributed by atoms with E-state index in [4.69, 9.17) is 15.2 Å². The molecule has 3 N–H and O–H groups in total. The van der Waals surface area contributed by atoms with Crippen molar-refractivity contribution >= 4 is 5.96 Å². The van der Waals surface area contributed by atoms with E-state index < -0.39 is 0 Å². The molecule has 6 heteroatoms. The van der Waals surface area contributed by atoms with E-state index in [0.717, 1.165) is 29.0 Å². The Bertz CT molecular complexity index is 689. The second-order valence-electron chi connectivity index (χ2n) is 5.86. The first-order valence-corrected chi connectivity index (χ1v) is 8.92. The van der Waals surface area contributed by atoms with Gasteiger partial charge in [0.25, 0.3) is 0 Å². The minimum atomic E-state index is 0.418. The van der Waals surface area contributed by atoms with Crippen LogP contribution in [0.1, 0.15) is 23.7 Å². The van der Waals surface area contributed by atoms with Gasteiger partial charge >= 0.3 is 0 Å². The van der Waals surface area contributed by atoms with Crippen molar-refractivity contribution in [1.82, 2.24) is 10.3 Å². The third-order valence-corrected chi connectivity index (χ3v) is 3.75. The summed E-state index contributed by atoms with van der Waals surface area (Å²) in [7, 11) is 0. The van der Waals surface area contributed by atoms with Gasteiger partial charge in [0.15, 0.2) is 5.96 Å². The fourth-order valence-electron chi connectivity index (χ4n) is 2.37. The number of hydrogen-bond donors (Lipinski definition) is 2. The predicted octanol–water partition coefficient (Wildman–Crippen LogP) is 2.45. The summed E-state index contributed by atoms with van der Waals surface area (Å²) >= 11 is 0. The lowest BCUT2D eigenvalue weighted by atomic mass is 10.1. The molecule has 0 spiro atoms. The van der Waals surface area contributed by atoms with Gasteiger partial charge in [-0.3, -0.25) is 4.98 Å². The molecule has 1 aromatic heterocycles. The molecule has 2 aromatic rings. The molecule has 0 aliphatic heterocycles. The zero-order valence-corrected chi connectivity index (χ0v) is 15.6. The Morgan fingerprint density at radius 1 is 1.23 bits per heavy atom. The highest BCUT2D eigenvalue weighted by atomic mass is 16.5. The molecule has 0 saturated carbocycles. The minimum Gasteiger partial charge on any atom is -0.491 e. The monoisotopic (exact) mass is 356 g/mol. The van der Waals surface area contributed by atoms with Gasteiger partial charge in [0.05, 0.1) is 13.2 Å². The summed E-state index contributed by atoms with van der Waals surface area (Å²) in [6.45, 7) is 6.95. The molecule has 0 radical (unpaired) electrons. The Hall–Kier alpha value is -2.60. The molecule has 0 aliphatic rings. The summed E-state index contributed by atoms with van der Waals surface area (Å²) in [5.74, 6) is 1.25. The van der Waals surface area contributed by atoms with Crippen molar-refractivity contribution in [1.29, 1.82) is 0 Å². The standard InChI is InChI=1S/C20H28N4O2/c1-3-25-12-13-26-19-14-16(2)7-8-17(19)15-24-20(21)23-11-9-18-6-4-5-10-22-18/h4-8,10,14H,3,9,11-13,15H2,1-2H3,(H3,21,23,24). The Labute approximate surface area is 155 Å². The number of nitrogens with zero attached hydrogens (tertiary/aromatic N) is 2. The SMILES string of the molecule is CCOCCOc1cc(C)ccc1CN=C(N)NCCc1ccccn1. The number of pyridine rings is 1. The lowest BCUT2D eigenvalue weighted by Gasteiger charge is -2.12. The summed E-state index contributed by atoms with van der Waals surface area (Å²) in [5.41, 5.74) is 9.13. The van der Waals surface area contributed by atoms with Crippen molar-refractivity contribution in [2.45, 2.75) is 26.8 Å². The Balaban J connectivity index is 1.85. The van der Waals surface area contributed by atoms with E-state index in [-0.39, 0.29) is 0 Å². The van der Waals surface area contributed by atoms with Gasteiger partial charge in [-0.2, -0.15) is 0 Å². The molecule has 0 fully saturated rings. The van der Waals surface area contributed by atoms with Crippen LogP contribution in [-0.2, 0) is 17.7 Å². The highest BCUT2D eigenvalue weighted by molar-refractivity contribution is 5.77. The van der Waals surface area contributed by atoms with Gasteiger partial charge < -0.3 is 20.5 Å². The molecule has 140 valence electrons. The summed E-state index contributed by atoms with van der Waals surface area (Å²) in [5, 5.41) is 3.12. The molecular formula is C20H28N4O2. The van der Waals surface area contributed by atoms with Crippen LogP contribution < -0.4 is 15.8 Å². The quantitative estimate of drug-likeness (QED) is 0.388. The molecule has 1 aromatic carbocycles. The summed E-state index contributed by atoms with van der Waals surface area (Å²) in [6, 6.07) is 12.0. The zero-order chi connectivity index (χ0) is 18.6.